The Balaban J connectivity index is 1.29. The number of fused-ring (bicyclic) bond motifs is 3. The number of rotatable bonds is 4. The molecule has 4 nitrogen and oxygen atoms in total. The van der Waals surface area contributed by atoms with Crippen LogP contribution in [0.3, 0.4) is 0 Å². The Kier molecular flexibility index (Phi) is 5.76. The highest BCUT2D eigenvalue weighted by Gasteiger charge is 2.28. The third-order valence-electron chi connectivity index (χ3n) is 5.16. The van der Waals surface area contributed by atoms with Crippen LogP contribution in [0.2, 0.25) is 0 Å². The molecule has 0 atom stereocenters. The van der Waals surface area contributed by atoms with Crippen LogP contribution in [0.5, 0.6) is 0 Å². The van der Waals surface area contributed by atoms with Gasteiger partial charge in [-0.05, 0) is 40.8 Å². The number of amides is 1. The average Bonchev–Trinajstić information content (AvgIpc) is 3.07. The number of halogens is 1. The van der Waals surface area contributed by atoms with Gasteiger partial charge in [0.15, 0.2) is 0 Å². The predicted octanol–water partition coefficient (Wildman–Crippen LogP) is 4.81. The van der Waals surface area contributed by atoms with E-state index >= 15 is 0 Å². The van der Waals surface area contributed by atoms with Crippen molar-refractivity contribution in [1.82, 2.24) is 10.3 Å². The van der Waals surface area contributed by atoms with Crippen molar-refractivity contribution in [3.05, 3.63) is 89.0 Å². The number of nitrogens with one attached hydrogen (secondary N) is 1. The van der Waals surface area contributed by atoms with Crippen molar-refractivity contribution in [1.29, 1.82) is 0 Å². The fraction of sp³-hybridized carbons (Fsp3) is 0.200. The molecule has 4 rings (SSSR count). The summed E-state index contributed by atoms with van der Waals surface area (Å²) in [5, 5.41) is 2.73. The first-order valence-electron chi connectivity index (χ1n) is 9.83. The molecule has 0 fully saturated rings. The molecular weight excluding hydrogens is 379 g/mol. The minimum absolute atomic E-state index is 0.0388. The van der Waals surface area contributed by atoms with Crippen LogP contribution in [0.4, 0.5) is 9.18 Å². The number of alkyl carbamates (subject to hydrolysis) is 1. The molecule has 3 aromatic rings. The highest BCUT2D eigenvalue weighted by Crippen LogP contribution is 2.44. The van der Waals surface area contributed by atoms with Crippen molar-refractivity contribution in [2.75, 3.05) is 13.2 Å². The number of pyridine rings is 1. The standard InChI is InChI=1S/C25H21FN2O2/c1-17-14-24(26)28-15-18(17)8-6-7-13-27-25(29)30-16-23-21-11-4-2-9-19(21)20-10-3-5-12-22(20)23/h2-5,9-12,14-15,23H,7,13,16H2,1H3,(H,27,29). The van der Waals surface area contributed by atoms with Crippen molar-refractivity contribution in [2.45, 2.75) is 19.3 Å². The summed E-state index contributed by atoms with van der Waals surface area (Å²) in [5.41, 5.74) is 6.17. The highest BCUT2D eigenvalue weighted by molar-refractivity contribution is 5.79. The number of aromatic nitrogens is 1. The monoisotopic (exact) mass is 400 g/mol. The van der Waals surface area contributed by atoms with Crippen LogP contribution in [-0.2, 0) is 4.74 Å². The van der Waals surface area contributed by atoms with Gasteiger partial charge in [0.05, 0.1) is 0 Å². The highest BCUT2D eigenvalue weighted by atomic mass is 19.1. The van der Waals surface area contributed by atoms with E-state index in [-0.39, 0.29) is 12.5 Å². The van der Waals surface area contributed by atoms with E-state index in [0.29, 0.717) is 18.5 Å². The van der Waals surface area contributed by atoms with Gasteiger partial charge >= 0.3 is 6.09 Å². The van der Waals surface area contributed by atoms with E-state index in [1.165, 1.54) is 34.5 Å². The molecule has 0 unspecified atom stereocenters. The number of carbonyl (C=O) groups excluding carboxylic acids is 1. The number of ether oxygens (including phenoxy) is 1. The smallest absolute Gasteiger partial charge is 0.407 e. The molecule has 1 aromatic heterocycles. The molecule has 0 bridgehead atoms. The lowest BCUT2D eigenvalue weighted by atomic mass is 9.98. The van der Waals surface area contributed by atoms with E-state index < -0.39 is 12.0 Å². The molecule has 0 spiro atoms. The molecule has 0 radical (unpaired) electrons. The summed E-state index contributed by atoms with van der Waals surface area (Å²) < 4.78 is 18.5. The van der Waals surface area contributed by atoms with E-state index in [1.807, 2.05) is 24.3 Å². The molecule has 1 heterocycles. The summed E-state index contributed by atoms with van der Waals surface area (Å²) in [6.45, 7) is 2.44. The third-order valence-corrected chi connectivity index (χ3v) is 5.16. The van der Waals surface area contributed by atoms with E-state index in [2.05, 4.69) is 46.4 Å². The molecule has 2 aromatic carbocycles. The molecular formula is C25H21FN2O2. The van der Waals surface area contributed by atoms with Crippen LogP contribution in [0.15, 0.2) is 60.8 Å². The number of benzene rings is 2. The molecule has 0 saturated heterocycles. The Bertz CT molecular complexity index is 1100. The van der Waals surface area contributed by atoms with Crippen LogP contribution in [-0.4, -0.2) is 24.2 Å². The second kappa shape index (κ2) is 8.79. The first-order chi connectivity index (χ1) is 14.6. The molecule has 0 aliphatic heterocycles. The van der Waals surface area contributed by atoms with E-state index in [4.69, 9.17) is 4.74 Å². The average molecular weight is 400 g/mol. The number of carbonyl (C=O) groups is 1. The molecule has 5 heteroatoms. The maximum Gasteiger partial charge on any atom is 0.407 e. The van der Waals surface area contributed by atoms with Gasteiger partial charge in [-0.3, -0.25) is 0 Å². The van der Waals surface area contributed by atoms with Gasteiger partial charge in [0.25, 0.3) is 0 Å². The van der Waals surface area contributed by atoms with Gasteiger partial charge in [-0.1, -0.05) is 60.4 Å². The van der Waals surface area contributed by atoms with Crippen molar-refractivity contribution < 1.29 is 13.9 Å². The Hall–Kier alpha value is -3.65. The predicted molar refractivity (Wildman–Crippen MR) is 113 cm³/mol. The summed E-state index contributed by atoms with van der Waals surface area (Å²) in [4.78, 5) is 15.7. The maximum absolute atomic E-state index is 13.0. The maximum atomic E-state index is 13.0. The number of hydrogen-bond acceptors (Lipinski definition) is 3. The number of nitrogens with zero attached hydrogens (tertiary/aromatic N) is 1. The van der Waals surface area contributed by atoms with Gasteiger partial charge < -0.3 is 10.1 Å². The zero-order chi connectivity index (χ0) is 20.9. The SMILES string of the molecule is Cc1cc(F)ncc1C#CCCNC(=O)OCC1c2ccccc2-c2ccccc21. The fourth-order valence-corrected chi connectivity index (χ4v) is 3.69. The zero-order valence-corrected chi connectivity index (χ0v) is 16.6. The van der Waals surface area contributed by atoms with Crippen LogP contribution in [0.1, 0.15) is 34.6 Å². The molecule has 1 aliphatic carbocycles. The lowest BCUT2D eigenvalue weighted by molar-refractivity contribution is 0.143. The number of aryl methyl sites for hydroxylation is 1. The summed E-state index contributed by atoms with van der Waals surface area (Å²) in [6, 6.07) is 17.8. The van der Waals surface area contributed by atoms with Crippen molar-refractivity contribution in [3.8, 4) is 23.0 Å². The normalized spacial score (nSPS) is 11.8. The first-order valence-corrected chi connectivity index (χ1v) is 9.83. The summed E-state index contributed by atoms with van der Waals surface area (Å²) >= 11 is 0. The summed E-state index contributed by atoms with van der Waals surface area (Å²) in [7, 11) is 0. The van der Waals surface area contributed by atoms with Gasteiger partial charge in [0.1, 0.15) is 6.61 Å². The quantitative estimate of drug-likeness (QED) is 0.388. The van der Waals surface area contributed by atoms with Crippen LogP contribution >= 0.6 is 0 Å². The third kappa shape index (κ3) is 4.18. The Morgan fingerprint density at radius 1 is 1.13 bits per heavy atom. The van der Waals surface area contributed by atoms with E-state index in [9.17, 15) is 9.18 Å². The van der Waals surface area contributed by atoms with Crippen molar-refractivity contribution in [3.63, 3.8) is 0 Å². The van der Waals surface area contributed by atoms with Crippen LogP contribution in [0, 0.1) is 24.7 Å². The topological polar surface area (TPSA) is 51.2 Å². The molecule has 150 valence electrons. The molecule has 1 aliphatic rings. The van der Waals surface area contributed by atoms with Crippen molar-refractivity contribution in [2.24, 2.45) is 0 Å². The molecule has 1 amide bonds. The molecule has 0 saturated carbocycles. The van der Waals surface area contributed by atoms with Gasteiger partial charge in [-0.25, -0.2) is 9.78 Å². The summed E-state index contributed by atoms with van der Waals surface area (Å²) in [6.07, 6.45) is 1.41. The largest absolute Gasteiger partial charge is 0.449 e. The van der Waals surface area contributed by atoms with Crippen LogP contribution < -0.4 is 5.32 Å². The molecule has 1 N–H and O–H groups in total. The van der Waals surface area contributed by atoms with Gasteiger partial charge in [0, 0.05) is 30.6 Å². The number of hydrogen-bond donors (Lipinski definition) is 1. The van der Waals surface area contributed by atoms with Crippen molar-refractivity contribution >= 4 is 6.09 Å². The van der Waals surface area contributed by atoms with Gasteiger partial charge in [-0.2, -0.15) is 4.39 Å². The minimum atomic E-state index is -0.519. The van der Waals surface area contributed by atoms with Gasteiger partial charge in [-0.15, -0.1) is 0 Å². The zero-order valence-electron chi connectivity index (χ0n) is 16.6. The molecule has 30 heavy (non-hydrogen) atoms. The fourth-order valence-electron chi connectivity index (χ4n) is 3.69. The van der Waals surface area contributed by atoms with Gasteiger partial charge in [0.2, 0.25) is 5.95 Å². The minimum Gasteiger partial charge on any atom is -0.449 e. The first kappa shape index (κ1) is 19.7. The lowest BCUT2D eigenvalue weighted by Crippen LogP contribution is -2.26. The summed E-state index contributed by atoms with van der Waals surface area (Å²) in [5.74, 6) is 5.42. The Labute approximate surface area is 175 Å². The Morgan fingerprint density at radius 2 is 1.80 bits per heavy atom. The lowest BCUT2D eigenvalue weighted by Gasteiger charge is -2.14. The van der Waals surface area contributed by atoms with Crippen LogP contribution in [0.25, 0.3) is 11.1 Å². The van der Waals surface area contributed by atoms with E-state index in [1.54, 1.807) is 6.92 Å². The van der Waals surface area contributed by atoms with E-state index in [0.717, 1.165) is 5.56 Å². The Morgan fingerprint density at radius 3 is 2.47 bits per heavy atom. The second-order valence-electron chi connectivity index (χ2n) is 7.13. The second-order valence-corrected chi connectivity index (χ2v) is 7.13.